The van der Waals surface area contributed by atoms with Crippen molar-refractivity contribution in [3.63, 3.8) is 0 Å². The summed E-state index contributed by atoms with van der Waals surface area (Å²) in [4.78, 5) is 27.4. The Bertz CT molecular complexity index is 1180. The fraction of sp³-hybridized carbons (Fsp3) is 0.227. The number of rotatable bonds is 3. The molecule has 0 fully saturated rings. The van der Waals surface area contributed by atoms with Gasteiger partial charge in [0.15, 0.2) is 17.3 Å². The molecule has 0 spiro atoms. The molecule has 1 amide bonds. The second-order valence-electron chi connectivity index (χ2n) is 7.37. The van der Waals surface area contributed by atoms with Gasteiger partial charge in [0.05, 0.1) is 5.25 Å². The van der Waals surface area contributed by atoms with Crippen LogP contribution in [0, 0.1) is 0 Å². The van der Waals surface area contributed by atoms with Crippen LogP contribution in [-0.4, -0.2) is 33.8 Å². The van der Waals surface area contributed by atoms with E-state index >= 15 is 0 Å². The van der Waals surface area contributed by atoms with E-state index < -0.39 is 6.17 Å². The van der Waals surface area contributed by atoms with Gasteiger partial charge in [-0.25, -0.2) is 9.98 Å². The van der Waals surface area contributed by atoms with E-state index in [-0.39, 0.29) is 11.2 Å². The zero-order chi connectivity index (χ0) is 20.7. The minimum atomic E-state index is -0.445. The first kappa shape index (κ1) is 18.7. The molecule has 2 aliphatic rings. The number of nitrogens with two attached hydrogens (primary N) is 1. The lowest BCUT2D eigenvalue weighted by molar-refractivity contribution is -0.117. The van der Waals surface area contributed by atoms with Crippen molar-refractivity contribution in [1.29, 1.82) is 0 Å². The van der Waals surface area contributed by atoms with Gasteiger partial charge in [0.1, 0.15) is 0 Å². The molecular formula is C22H22N6OS. The van der Waals surface area contributed by atoms with Gasteiger partial charge in [-0.1, -0.05) is 48.2 Å². The van der Waals surface area contributed by atoms with Crippen LogP contribution in [0.2, 0.25) is 0 Å². The maximum atomic E-state index is 13.1. The molecule has 0 saturated heterocycles. The number of hydrogen-bond acceptors (Lipinski definition) is 6. The van der Waals surface area contributed by atoms with Gasteiger partial charge < -0.3 is 20.9 Å². The number of amidine groups is 1. The minimum Gasteiger partial charge on any atom is -0.370 e. The lowest BCUT2D eigenvalue weighted by atomic mass is 10.1. The molecule has 0 radical (unpaired) electrons. The molecule has 30 heavy (non-hydrogen) atoms. The Balaban J connectivity index is 1.36. The number of nitrogens with one attached hydrogen (secondary N) is 2. The first-order chi connectivity index (χ1) is 14.6. The number of carbonyl (C=O) groups excluding carboxylic acids is 1. The van der Waals surface area contributed by atoms with Gasteiger partial charge in [-0.15, -0.1) is 0 Å². The molecule has 0 aliphatic carbocycles. The van der Waals surface area contributed by atoms with Crippen molar-refractivity contribution in [1.82, 2.24) is 10.3 Å². The third-order valence-electron chi connectivity index (χ3n) is 5.42. The Labute approximate surface area is 178 Å². The monoisotopic (exact) mass is 418 g/mol. The number of hydrogen-bond donors (Lipinski definition) is 3. The zero-order valence-corrected chi connectivity index (χ0v) is 17.3. The van der Waals surface area contributed by atoms with Crippen molar-refractivity contribution < 1.29 is 4.79 Å². The molecule has 0 bridgehead atoms. The number of fused-ring (bicyclic) bond motifs is 2. The lowest BCUT2D eigenvalue weighted by Crippen LogP contribution is -2.41. The van der Waals surface area contributed by atoms with E-state index in [0.29, 0.717) is 17.7 Å². The van der Waals surface area contributed by atoms with E-state index in [0.717, 1.165) is 28.6 Å². The van der Waals surface area contributed by atoms with Crippen LogP contribution in [0.5, 0.6) is 0 Å². The molecular weight excluding hydrogens is 396 g/mol. The fourth-order valence-electron chi connectivity index (χ4n) is 3.96. The molecule has 3 heterocycles. The number of benzene rings is 2. The summed E-state index contributed by atoms with van der Waals surface area (Å²) in [6, 6.07) is 16.1. The SMILES string of the molecule is CC(SC1=NC(c2c[nH]c3ccccc23)N=C(N)N1)C(=O)N1CCc2ccccc21. The summed E-state index contributed by atoms with van der Waals surface area (Å²) in [7, 11) is 0. The van der Waals surface area contributed by atoms with E-state index in [1.54, 1.807) is 0 Å². The largest absolute Gasteiger partial charge is 0.370 e. The summed E-state index contributed by atoms with van der Waals surface area (Å²) in [5, 5.41) is 4.37. The molecule has 8 heteroatoms. The highest BCUT2D eigenvalue weighted by Crippen LogP contribution is 2.32. The number of para-hydroxylation sites is 2. The van der Waals surface area contributed by atoms with Crippen molar-refractivity contribution in [3.8, 4) is 0 Å². The van der Waals surface area contributed by atoms with Crippen LogP contribution in [0.4, 0.5) is 5.69 Å². The van der Waals surface area contributed by atoms with E-state index in [9.17, 15) is 4.79 Å². The summed E-state index contributed by atoms with van der Waals surface area (Å²) in [5.41, 5.74) is 10.2. The summed E-state index contributed by atoms with van der Waals surface area (Å²) in [6.07, 6.45) is 2.36. The molecule has 5 rings (SSSR count). The van der Waals surface area contributed by atoms with Gasteiger partial charge in [0.2, 0.25) is 5.91 Å². The Hall–Kier alpha value is -3.26. The predicted octanol–water partition coefficient (Wildman–Crippen LogP) is 3.15. The van der Waals surface area contributed by atoms with Gasteiger partial charge in [-0.3, -0.25) is 4.79 Å². The number of anilines is 1. The average Bonchev–Trinajstić information content (AvgIpc) is 3.37. The Morgan fingerprint density at radius 1 is 1.20 bits per heavy atom. The summed E-state index contributed by atoms with van der Waals surface area (Å²) in [6.45, 7) is 2.62. The molecule has 2 unspecified atom stereocenters. The van der Waals surface area contributed by atoms with Crippen molar-refractivity contribution in [2.45, 2.75) is 24.8 Å². The highest BCUT2D eigenvalue weighted by Gasteiger charge is 2.30. The van der Waals surface area contributed by atoms with Crippen LogP contribution in [0.25, 0.3) is 10.9 Å². The summed E-state index contributed by atoms with van der Waals surface area (Å²) >= 11 is 1.38. The van der Waals surface area contributed by atoms with E-state index in [4.69, 9.17) is 10.7 Å². The number of aromatic nitrogens is 1. The molecule has 4 N–H and O–H groups in total. The molecule has 2 aromatic carbocycles. The maximum absolute atomic E-state index is 13.1. The molecule has 0 saturated carbocycles. The van der Waals surface area contributed by atoms with Crippen molar-refractivity contribution >= 4 is 45.4 Å². The van der Waals surface area contributed by atoms with Crippen LogP contribution < -0.4 is 16.0 Å². The van der Waals surface area contributed by atoms with Gasteiger partial charge >= 0.3 is 0 Å². The highest BCUT2D eigenvalue weighted by atomic mass is 32.2. The minimum absolute atomic E-state index is 0.0687. The van der Waals surface area contributed by atoms with Crippen LogP contribution in [0.15, 0.2) is 64.7 Å². The number of guanidine groups is 1. The van der Waals surface area contributed by atoms with Crippen LogP contribution in [0.3, 0.4) is 0 Å². The summed E-state index contributed by atoms with van der Waals surface area (Å²) < 4.78 is 0. The number of aromatic amines is 1. The number of nitrogens with zero attached hydrogens (tertiary/aromatic N) is 3. The molecule has 3 aromatic rings. The van der Waals surface area contributed by atoms with E-state index in [2.05, 4.69) is 21.4 Å². The van der Waals surface area contributed by atoms with Gasteiger partial charge in [-0.05, 0) is 31.0 Å². The maximum Gasteiger partial charge on any atom is 0.240 e. The first-order valence-corrected chi connectivity index (χ1v) is 10.8. The normalized spacial score (nSPS) is 19.1. The zero-order valence-electron chi connectivity index (χ0n) is 16.5. The second kappa shape index (κ2) is 7.53. The molecule has 152 valence electrons. The van der Waals surface area contributed by atoms with Crippen LogP contribution in [-0.2, 0) is 11.2 Å². The van der Waals surface area contributed by atoms with Crippen molar-refractivity contribution in [2.24, 2.45) is 15.7 Å². The Morgan fingerprint density at radius 2 is 2.00 bits per heavy atom. The lowest BCUT2D eigenvalue weighted by Gasteiger charge is -2.24. The van der Waals surface area contributed by atoms with Crippen LogP contribution in [0.1, 0.15) is 24.2 Å². The second-order valence-corrected chi connectivity index (χ2v) is 8.70. The van der Waals surface area contributed by atoms with E-state index in [1.165, 1.54) is 17.3 Å². The molecule has 2 atom stereocenters. The smallest absolute Gasteiger partial charge is 0.240 e. The van der Waals surface area contributed by atoms with Gasteiger partial charge in [0.25, 0.3) is 0 Å². The fourth-order valence-corrected chi connectivity index (χ4v) is 4.84. The number of thioether (sulfide) groups is 1. The first-order valence-electron chi connectivity index (χ1n) is 9.90. The van der Waals surface area contributed by atoms with Crippen molar-refractivity contribution in [2.75, 3.05) is 11.4 Å². The van der Waals surface area contributed by atoms with Gasteiger partial charge in [0, 0.05) is 34.9 Å². The number of amides is 1. The average molecular weight is 419 g/mol. The Morgan fingerprint density at radius 3 is 2.90 bits per heavy atom. The van der Waals surface area contributed by atoms with Crippen LogP contribution >= 0.6 is 11.8 Å². The Kier molecular flexibility index (Phi) is 4.71. The molecule has 2 aliphatic heterocycles. The third-order valence-corrected chi connectivity index (χ3v) is 6.41. The quantitative estimate of drug-likeness (QED) is 0.608. The highest BCUT2D eigenvalue weighted by molar-refractivity contribution is 8.15. The number of aliphatic imine (C=N–C) groups is 2. The third kappa shape index (κ3) is 3.33. The molecule has 7 nitrogen and oxygen atoms in total. The van der Waals surface area contributed by atoms with Crippen molar-refractivity contribution in [3.05, 3.63) is 65.9 Å². The predicted molar refractivity (Wildman–Crippen MR) is 123 cm³/mol. The summed E-state index contributed by atoms with van der Waals surface area (Å²) in [5.74, 6) is 0.369. The van der Waals surface area contributed by atoms with E-state index in [1.807, 2.05) is 60.5 Å². The molecule has 1 aromatic heterocycles. The standard InChI is InChI=1S/C22H22N6OS/c1-13(20(29)28-11-10-14-6-2-5-9-18(14)28)30-22-26-19(25-21(23)27-22)16-12-24-17-8-4-3-7-15(16)17/h2-9,12-13,19,24H,10-11H2,1H3,(H3,23,25,26,27). The van der Waals surface area contributed by atoms with Gasteiger partial charge in [-0.2, -0.15) is 0 Å². The topological polar surface area (TPSA) is 98.9 Å². The number of carbonyl (C=O) groups is 1. The number of H-pyrrole nitrogens is 1.